The average molecular weight is 316 g/mol. The molecule has 2 aromatic carbocycles. The highest BCUT2D eigenvalue weighted by Gasteiger charge is 2.19. The van der Waals surface area contributed by atoms with Gasteiger partial charge in [0.2, 0.25) is 0 Å². The van der Waals surface area contributed by atoms with Gasteiger partial charge in [0.25, 0.3) is 0 Å². The topological polar surface area (TPSA) is 38.0 Å². The Bertz CT molecular complexity index is 579. The fourth-order valence-electron chi connectivity index (χ4n) is 1.92. The van der Waals surface area contributed by atoms with Crippen LogP contribution in [0, 0.1) is 6.92 Å². The van der Waals surface area contributed by atoms with Crippen LogP contribution in [0.15, 0.2) is 36.4 Å². The molecule has 0 fully saturated rings. The average Bonchev–Trinajstić information content (AvgIpc) is 2.37. The standard InChI is InChI=1S/C14H13Cl3N2/c1-8-5-6-9(7-12(8)17)14(19-18)13-10(15)3-2-4-11(13)16/h2-7,14,19H,18H2,1H3. The highest BCUT2D eigenvalue weighted by Crippen LogP contribution is 2.34. The minimum atomic E-state index is -0.306. The van der Waals surface area contributed by atoms with Gasteiger partial charge in [-0.1, -0.05) is 53.0 Å². The van der Waals surface area contributed by atoms with Crippen LogP contribution in [0.2, 0.25) is 15.1 Å². The van der Waals surface area contributed by atoms with Crippen LogP contribution in [0.4, 0.5) is 0 Å². The summed E-state index contributed by atoms with van der Waals surface area (Å²) < 4.78 is 0. The first-order chi connectivity index (χ1) is 9.04. The Morgan fingerprint density at radius 2 is 1.63 bits per heavy atom. The van der Waals surface area contributed by atoms with Gasteiger partial charge in [-0.2, -0.15) is 0 Å². The van der Waals surface area contributed by atoms with Crippen molar-refractivity contribution in [2.24, 2.45) is 5.84 Å². The maximum Gasteiger partial charge on any atom is 0.0739 e. The van der Waals surface area contributed by atoms with E-state index in [0.717, 1.165) is 16.7 Å². The van der Waals surface area contributed by atoms with E-state index in [0.29, 0.717) is 15.1 Å². The predicted octanol–water partition coefficient (Wildman–Crippen LogP) is 4.51. The monoisotopic (exact) mass is 314 g/mol. The van der Waals surface area contributed by atoms with E-state index in [4.69, 9.17) is 40.6 Å². The maximum atomic E-state index is 6.21. The van der Waals surface area contributed by atoms with Crippen LogP contribution in [0.3, 0.4) is 0 Å². The van der Waals surface area contributed by atoms with E-state index in [-0.39, 0.29) is 6.04 Å². The van der Waals surface area contributed by atoms with E-state index in [1.165, 1.54) is 0 Å². The van der Waals surface area contributed by atoms with E-state index in [1.807, 2.05) is 25.1 Å². The zero-order valence-corrected chi connectivity index (χ0v) is 12.5. The zero-order chi connectivity index (χ0) is 14.0. The van der Waals surface area contributed by atoms with Crippen LogP contribution in [0.5, 0.6) is 0 Å². The van der Waals surface area contributed by atoms with Gasteiger partial charge in [0.1, 0.15) is 0 Å². The van der Waals surface area contributed by atoms with E-state index in [2.05, 4.69) is 5.43 Å². The Morgan fingerprint density at radius 1 is 1.00 bits per heavy atom. The summed E-state index contributed by atoms with van der Waals surface area (Å²) in [5.41, 5.74) is 5.40. The van der Waals surface area contributed by atoms with E-state index < -0.39 is 0 Å². The second-order valence-corrected chi connectivity index (χ2v) is 5.47. The Morgan fingerprint density at radius 3 is 2.16 bits per heavy atom. The first-order valence-electron chi connectivity index (χ1n) is 5.70. The Hall–Kier alpha value is -0.770. The van der Waals surface area contributed by atoms with Crippen LogP contribution in [0.25, 0.3) is 0 Å². The molecular weight excluding hydrogens is 303 g/mol. The number of rotatable bonds is 3. The van der Waals surface area contributed by atoms with Gasteiger partial charge < -0.3 is 0 Å². The molecule has 0 amide bonds. The molecule has 0 bridgehead atoms. The largest absolute Gasteiger partial charge is 0.271 e. The quantitative estimate of drug-likeness (QED) is 0.646. The fraction of sp³-hybridized carbons (Fsp3) is 0.143. The molecule has 1 unspecified atom stereocenters. The number of benzene rings is 2. The third-order valence-electron chi connectivity index (χ3n) is 2.98. The number of halogens is 3. The third-order valence-corrected chi connectivity index (χ3v) is 4.05. The second-order valence-electron chi connectivity index (χ2n) is 4.24. The highest BCUT2D eigenvalue weighted by atomic mass is 35.5. The highest BCUT2D eigenvalue weighted by molar-refractivity contribution is 6.36. The first kappa shape index (κ1) is 14.6. The van der Waals surface area contributed by atoms with Gasteiger partial charge in [-0.05, 0) is 36.2 Å². The number of aryl methyl sites for hydroxylation is 1. The molecule has 2 nitrogen and oxygen atoms in total. The lowest BCUT2D eigenvalue weighted by Gasteiger charge is -2.20. The van der Waals surface area contributed by atoms with Crippen molar-refractivity contribution in [3.8, 4) is 0 Å². The van der Waals surface area contributed by atoms with E-state index >= 15 is 0 Å². The normalized spacial score (nSPS) is 12.5. The van der Waals surface area contributed by atoms with Crippen LogP contribution in [0.1, 0.15) is 22.7 Å². The van der Waals surface area contributed by atoms with Gasteiger partial charge in [0.05, 0.1) is 6.04 Å². The van der Waals surface area contributed by atoms with Crippen LogP contribution in [-0.2, 0) is 0 Å². The van der Waals surface area contributed by atoms with Crippen LogP contribution < -0.4 is 11.3 Å². The molecule has 0 radical (unpaired) electrons. The van der Waals surface area contributed by atoms with Crippen molar-refractivity contribution >= 4 is 34.8 Å². The molecule has 100 valence electrons. The second kappa shape index (κ2) is 6.12. The number of hydrogen-bond donors (Lipinski definition) is 2. The molecule has 5 heteroatoms. The molecule has 1 atom stereocenters. The van der Waals surface area contributed by atoms with Gasteiger partial charge in [0.15, 0.2) is 0 Å². The molecule has 0 saturated heterocycles. The molecule has 19 heavy (non-hydrogen) atoms. The van der Waals surface area contributed by atoms with Gasteiger partial charge in [-0.15, -0.1) is 0 Å². The van der Waals surface area contributed by atoms with Crippen molar-refractivity contribution in [2.45, 2.75) is 13.0 Å². The molecule has 0 heterocycles. The van der Waals surface area contributed by atoms with Gasteiger partial charge in [0, 0.05) is 20.6 Å². The number of nitrogens with one attached hydrogen (secondary N) is 1. The van der Waals surface area contributed by atoms with Crippen molar-refractivity contribution < 1.29 is 0 Å². The first-order valence-corrected chi connectivity index (χ1v) is 6.84. The molecule has 0 spiro atoms. The Balaban J connectivity index is 2.53. The minimum Gasteiger partial charge on any atom is -0.271 e. The summed E-state index contributed by atoms with van der Waals surface area (Å²) >= 11 is 18.6. The molecule has 2 aromatic rings. The zero-order valence-electron chi connectivity index (χ0n) is 10.3. The summed E-state index contributed by atoms with van der Waals surface area (Å²) in [4.78, 5) is 0. The van der Waals surface area contributed by atoms with Crippen molar-refractivity contribution in [3.05, 3.63) is 68.2 Å². The molecule has 0 aliphatic carbocycles. The molecular formula is C14H13Cl3N2. The maximum absolute atomic E-state index is 6.21. The summed E-state index contributed by atoms with van der Waals surface area (Å²) in [6.07, 6.45) is 0. The smallest absolute Gasteiger partial charge is 0.0739 e. The summed E-state index contributed by atoms with van der Waals surface area (Å²) in [6.45, 7) is 1.94. The summed E-state index contributed by atoms with van der Waals surface area (Å²) in [5.74, 6) is 5.65. The fourth-order valence-corrected chi connectivity index (χ4v) is 2.73. The van der Waals surface area contributed by atoms with Crippen LogP contribution in [-0.4, -0.2) is 0 Å². The summed E-state index contributed by atoms with van der Waals surface area (Å²) in [6, 6.07) is 10.8. The Labute approximate surface area is 127 Å². The molecule has 3 N–H and O–H groups in total. The van der Waals surface area contributed by atoms with Crippen molar-refractivity contribution in [3.63, 3.8) is 0 Å². The Kier molecular flexibility index (Phi) is 4.71. The van der Waals surface area contributed by atoms with Crippen LogP contribution >= 0.6 is 34.8 Å². The number of hydrazine groups is 1. The number of nitrogens with two attached hydrogens (primary N) is 1. The van der Waals surface area contributed by atoms with Crippen molar-refractivity contribution in [2.75, 3.05) is 0 Å². The van der Waals surface area contributed by atoms with Gasteiger partial charge >= 0.3 is 0 Å². The lowest BCUT2D eigenvalue weighted by Crippen LogP contribution is -2.29. The van der Waals surface area contributed by atoms with E-state index in [1.54, 1.807) is 18.2 Å². The van der Waals surface area contributed by atoms with Gasteiger partial charge in [-0.3, -0.25) is 5.84 Å². The lowest BCUT2D eigenvalue weighted by atomic mass is 9.98. The van der Waals surface area contributed by atoms with Crippen molar-refractivity contribution in [1.82, 2.24) is 5.43 Å². The molecule has 0 aliphatic heterocycles. The molecule has 0 aromatic heterocycles. The molecule has 0 aliphatic rings. The van der Waals surface area contributed by atoms with Gasteiger partial charge in [-0.25, -0.2) is 5.43 Å². The summed E-state index contributed by atoms with van der Waals surface area (Å²) in [5, 5.41) is 1.81. The summed E-state index contributed by atoms with van der Waals surface area (Å²) in [7, 11) is 0. The van der Waals surface area contributed by atoms with E-state index in [9.17, 15) is 0 Å². The lowest BCUT2D eigenvalue weighted by molar-refractivity contribution is 0.637. The molecule has 0 saturated carbocycles. The predicted molar refractivity (Wildman–Crippen MR) is 81.8 cm³/mol. The third kappa shape index (κ3) is 3.04. The minimum absolute atomic E-state index is 0.306. The SMILES string of the molecule is Cc1ccc(C(NN)c2c(Cl)cccc2Cl)cc1Cl. The molecule has 2 rings (SSSR count). The van der Waals surface area contributed by atoms with Crippen molar-refractivity contribution in [1.29, 1.82) is 0 Å². The number of hydrogen-bond acceptors (Lipinski definition) is 2.